The largest absolute Gasteiger partial charge is 0.243 e. The van der Waals surface area contributed by atoms with E-state index in [-0.39, 0.29) is 0 Å². The zero-order valence-electron chi connectivity index (χ0n) is 8.64. The Balaban J connectivity index is 2.31. The second kappa shape index (κ2) is 4.69. The molecule has 86 valence electrons. The molecule has 0 aliphatic carbocycles. The van der Waals surface area contributed by atoms with Gasteiger partial charge in [0.15, 0.2) is 0 Å². The lowest BCUT2D eigenvalue weighted by molar-refractivity contribution is 0.437. The van der Waals surface area contributed by atoms with Crippen LogP contribution in [0.2, 0.25) is 0 Å². The minimum Gasteiger partial charge on any atom is -0.207 e. The van der Waals surface area contributed by atoms with Crippen molar-refractivity contribution in [2.24, 2.45) is 0 Å². The van der Waals surface area contributed by atoms with Crippen LogP contribution in [0, 0.1) is 0 Å². The molecular formula is C11H12BrNO2S. The van der Waals surface area contributed by atoms with Crippen molar-refractivity contribution in [1.82, 2.24) is 4.31 Å². The lowest BCUT2D eigenvalue weighted by Crippen LogP contribution is -2.33. The summed E-state index contributed by atoms with van der Waals surface area (Å²) in [6.07, 6.45) is 4.68. The quantitative estimate of drug-likeness (QED) is 0.787. The predicted molar refractivity (Wildman–Crippen MR) is 66.7 cm³/mol. The molecule has 1 aliphatic heterocycles. The summed E-state index contributed by atoms with van der Waals surface area (Å²) in [5.41, 5.74) is 0. The van der Waals surface area contributed by atoms with E-state index in [0.717, 1.165) is 10.9 Å². The molecule has 0 fully saturated rings. The van der Waals surface area contributed by atoms with Gasteiger partial charge in [-0.1, -0.05) is 28.1 Å². The Labute approximate surface area is 104 Å². The number of nitrogens with zero attached hydrogens (tertiary/aromatic N) is 1. The smallest absolute Gasteiger partial charge is 0.207 e. The maximum Gasteiger partial charge on any atom is 0.243 e. The molecular weight excluding hydrogens is 290 g/mol. The molecule has 0 radical (unpaired) electrons. The molecule has 0 saturated carbocycles. The van der Waals surface area contributed by atoms with Crippen LogP contribution in [0.4, 0.5) is 0 Å². The summed E-state index contributed by atoms with van der Waals surface area (Å²) in [7, 11) is -3.32. The van der Waals surface area contributed by atoms with Gasteiger partial charge in [-0.3, -0.25) is 0 Å². The van der Waals surface area contributed by atoms with Gasteiger partial charge in [-0.2, -0.15) is 4.31 Å². The van der Waals surface area contributed by atoms with Crippen LogP contribution in [0.5, 0.6) is 0 Å². The van der Waals surface area contributed by atoms with E-state index >= 15 is 0 Å². The standard InChI is InChI=1S/C11H12BrNO2S/c12-10-4-6-11(7-5-10)16(14,15)13-8-2-1-3-9-13/h1-2,4-7H,3,8-9H2. The molecule has 0 amide bonds. The van der Waals surface area contributed by atoms with E-state index in [1.807, 2.05) is 12.2 Å². The van der Waals surface area contributed by atoms with Crippen LogP contribution in [-0.2, 0) is 10.0 Å². The number of hydrogen-bond acceptors (Lipinski definition) is 2. The van der Waals surface area contributed by atoms with E-state index < -0.39 is 10.0 Å². The summed E-state index contributed by atoms with van der Waals surface area (Å²) in [4.78, 5) is 0.353. The van der Waals surface area contributed by atoms with Crippen molar-refractivity contribution in [2.75, 3.05) is 13.1 Å². The topological polar surface area (TPSA) is 37.4 Å². The van der Waals surface area contributed by atoms with Crippen molar-refractivity contribution in [3.05, 3.63) is 40.9 Å². The Hall–Kier alpha value is -0.650. The fourth-order valence-corrected chi connectivity index (χ4v) is 3.26. The van der Waals surface area contributed by atoms with Gasteiger partial charge in [0.1, 0.15) is 0 Å². The van der Waals surface area contributed by atoms with E-state index in [0.29, 0.717) is 18.0 Å². The van der Waals surface area contributed by atoms with Gasteiger partial charge in [-0.05, 0) is 30.7 Å². The van der Waals surface area contributed by atoms with Crippen molar-refractivity contribution in [2.45, 2.75) is 11.3 Å². The van der Waals surface area contributed by atoms with Gasteiger partial charge in [0.2, 0.25) is 10.0 Å². The summed E-state index contributed by atoms with van der Waals surface area (Å²) in [5, 5.41) is 0. The first-order valence-electron chi connectivity index (χ1n) is 5.01. The SMILES string of the molecule is O=S(=O)(c1ccc(Br)cc1)N1CC=CCC1. The summed E-state index contributed by atoms with van der Waals surface area (Å²) in [6, 6.07) is 6.73. The summed E-state index contributed by atoms with van der Waals surface area (Å²) < 4.78 is 26.7. The Kier molecular flexibility index (Phi) is 3.47. The van der Waals surface area contributed by atoms with Gasteiger partial charge in [0, 0.05) is 17.6 Å². The number of sulfonamides is 1. The highest BCUT2D eigenvalue weighted by Crippen LogP contribution is 2.20. The monoisotopic (exact) mass is 301 g/mol. The highest BCUT2D eigenvalue weighted by atomic mass is 79.9. The van der Waals surface area contributed by atoms with Crippen LogP contribution in [0.15, 0.2) is 45.8 Å². The van der Waals surface area contributed by atoms with E-state index in [1.54, 1.807) is 24.3 Å². The molecule has 0 unspecified atom stereocenters. The third-order valence-electron chi connectivity index (χ3n) is 2.47. The average Bonchev–Trinajstić information content (AvgIpc) is 2.31. The summed E-state index contributed by atoms with van der Waals surface area (Å²) in [5.74, 6) is 0. The molecule has 0 saturated heterocycles. The van der Waals surface area contributed by atoms with Gasteiger partial charge >= 0.3 is 0 Å². The van der Waals surface area contributed by atoms with Crippen molar-refractivity contribution < 1.29 is 8.42 Å². The van der Waals surface area contributed by atoms with Crippen LogP contribution in [0.1, 0.15) is 6.42 Å². The third kappa shape index (κ3) is 2.36. The van der Waals surface area contributed by atoms with Gasteiger partial charge in [0.05, 0.1) is 4.90 Å². The fourth-order valence-electron chi connectivity index (χ4n) is 1.59. The molecule has 16 heavy (non-hydrogen) atoms. The molecule has 1 aliphatic rings. The number of halogens is 1. The first-order valence-corrected chi connectivity index (χ1v) is 7.25. The molecule has 3 nitrogen and oxygen atoms in total. The maximum absolute atomic E-state index is 12.2. The summed E-state index contributed by atoms with van der Waals surface area (Å²) >= 11 is 3.29. The molecule has 1 aromatic carbocycles. The molecule has 1 aromatic rings. The first-order chi connectivity index (χ1) is 7.60. The first kappa shape index (κ1) is 11.8. The van der Waals surface area contributed by atoms with E-state index in [4.69, 9.17) is 0 Å². The zero-order valence-corrected chi connectivity index (χ0v) is 11.0. The van der Waals surface area contributed by atoms with Crippen molar-refractivity contribution in [3.8, 4) is 0 Å². The van der Waals surface area contributed by atoms with Crippen molar-refractivity contribution >= 4 is 26.0 Å². The predicted octanol–water partition coefficient (Wildman–Crippen LogP) is 2.40. The van der Waals surface area contributed by atoms with E-state index in [9.17, 15) is 8.42 Å². The fraction of sp³-hybridized carbons (Fsp3) is 0.273. The van der Waals surface area contributed by atoms with Crippen LogP contribution in [0.3, 0.4) is 0 Å². The zero-order chi connectivity index (χ0) is 11.6. The highest BCUT2D eigenvalue weighted by molar-refractivity contribution is 9.10. The minimum atomic E-state index is -3.32. The third-order valence-corrected chi connectivity index (χ3v) is 4.88. The lowest BCUT2D eigenvalue weighted by Gasteiger charge is -2.22. The highest BCUT2D eigenvalue weighted by Gasteiger charge is 2.23. The van der Waals surface area contributed by atoms with Crippen LogP contribution in [0.25, 0.3) is 0 Å². The lowest BCUT2D eigenvalue weighted by atomic mass is 10.3. The van der Waals surface area contributed by atoms with Gasteiger partial charge in [-0.15, -0.1) is 0 Å². The second-order valence-electron chi connectivity index (χ2n) is 3.58. The Bertz CT molecular complexity index is 493. The van der Waals surface area contributed by atoms with Crippen LogP contribution in [-0.4, -0.2) is 25.8 Å². The second-order valence-corrected chi connectivity index (χ2v) is 6.43. The van der Waals surface area contributed by atoms with E-state index in [1.165, 1.54) is 4.31 Å². The molecule has 0 spiro atoms. The van der Waals surface area contributed by atoms with Gasteiger partial charge in [0.25, 0.3) is 0 Å². The number of rotatable bonds is 2. The average molecular weight is 302 g/mol. The van der Waals surface area contributed by atoms with E-state index in [2.05, 4.69) is 15.9 Å². The molecule has 1 heterocycles. The Morgan fingerprint density at radius 2 is 1.81 bits per heavy atom. The minimum absolute atomic E-state index is 0.353. The molecule has 5 heteroatoms. The Morgan fingerprint density at radius 1 is 1.12 bits per heavy atom. The van der Waals surface area contributed by atoms with Crippen LogP contribution < -0.4 is 0 Å². The van der Waals surface area contributed by atoms with Crippen molar-refractivity contribution in [3.63, 3.8) is 0 Å². The van der Waals surface area contributed by atoms with Gasteiger partial charge in [-0.25, -0.2) is 8.42 Å². The van der Waals surface area contributed by atoms with Gasteiger partial charge < -0.3 is 0 Å². The van der Waals surface area contributed by atoms with Crippen molar-refractivity contribution in [1.29, 1.82) is 0 Å². The molecule has 0 N–H and O–H groups in total. The Morgan fingerprint density at radius 3 is 2.38 bits per heavy atom. The molecule has 0 bridgehead atoms. The number of hydrogen-bond donors (Lipinski definition) is 0. The number of benzene rings is 1. The maximum atomic E-state index is 12.2. The molecule has 0 atom stereocenters. The summed E-state index contributed by atoms with van der Waals surface area (Å²) in [6.45, 7) is 1.04. The van der Waals surface area contributed by atoms with Crippen LogP contribution >= 0.6 is 15.9 Å². The molecule has 2 rings (SSSR count). The normalized spacial score (nSPS) is 17.6. The molecule has 0 aromatic heterocycles.